The Kier molecular flexibility index (Phi) is 5.45. The summed E-state index contributed by atoms with van der Waals surface area (Å²) in [4.78, 5) is 34.2. The molecule has 6 nitrogen and oxygen atoms in total. The van der Waals surface area contributed by atoms with Crippen LogP contribution in [0.1, 0.15) is 38.5 Å². The number of carboxylic acids is 1. The molecule has 1 aliphatic heterocycles. The first-order valence-electron chi connectivity index (χ1n) is 5.91. The van der Waals surface area contributed by atoms with Crippen LogP contribution in [0.15, 0.2) is 0 Å². The maximum atomic E-state index is 11.4. The van der Waals surface area contributed by atoms with Crippen molar-refractivity contribution in [1.29, 1.82) is 0 Å². The van der Waals surface area contributed by atoms with Gasteiger partial charge in [0.1, 0.15) is 0 Å². The summed E-state index contributed by atoms with van der Waals surface area (Å²) >= 11 is 0. The molecule has 0 unspecified atom stereocenters. The molecule has 1 rings (SSSR count). The van der Waals surface area contributed by atoms with E-state index >= 15 is 0 Å². The van der Waals surface area contributed by atoms with Crippen molar-refractivity contribution in [3.05, 3.63) is 0 Å². The van der Waals surface area contributed by atoms with Crippen LogP contribution in [0.25, 0.3) is 0 Å². The predicted molar refractivity (Wildman–Crippen MR) is 60.4 cm³/mol. The number of hydrogen-bond donors (Lipinski definition) is 2. The summed E-state index contributed by atoms with van der Waals surface area (Å²) in [5, 5.41) is 11.1. The lowest BCUT2D eigenvalue weighted by Crippen LogP contribution is -2.50. The van der Waals surface area contributed by atoms with Gasteiger partial charge in [-0.15, -0.1) is 0 Å². The average molecular weight is 242 g/mol. The highest BCUT2D eigenvalue weighted by Crippen LogP contribution is 2.07. The monoisotopic (exact) mass is 242 g/mol. The number of nitrogens with zero attached hydrogens (tertiary/aromatic N) is 1. The Hall–Kier alpha value is -1.59. The average Bonchev–Trinajstić information content (AvgIpc) is 2.26. The lowest BCUT2D eigenvalue weighted by Gasteiger charge is -2.25. The highest BCUT2D eigenvalue weighted by molar-refractivity contribution is 5.96. The zero-order chi connectivity index (χ0) is 12.7. The Morgan fingerprint density at radius 1 is 1.24 bits per heavy atom. The van der Waals surface area contributed by atoms with Crippen LogP contribution in [-0.2, 0) is 9.59 Å². The van der Waals surface area contributed by atoms with Crippen LogP contribution in [0.4, 0.5) is 4.79 Å². The lowest BCUT2D eigenvalue weighted by molar-refractivity contribution is -0.137. The summed E-state index contributed by atoms with van der Waals surface area (Å²) in [7, 11) is 0. The van der Waals surface area contributed by atoms with E-state index in [0.29, 0.717) is 25.9 Å². The molecule has 96 valence electrons. The van der Waals surface area contributed by atoms with Crippen molar-refractivity contribution >= 4 is 17.9 Å². The van der Waals surface area contributed by atoms with Gasteiger partial charge in [-0.05, 0) is 12.8 Å². The number of nitrogens with one attached hydrogen (secondary N) is 1. The zero-order valence-corrected chi connectivity index (χ0v) is 9.78. The number of imide groups is 1. The Labute approximate surface area is 100.0 Å². The van der Waals surface area contributed by atoms with E-state index in [1.54, 1.807) is 0 Å². The Balaban J connectivity index is 2.11. The van der Waals surface area contributed by atoms with Gasteiger partial charge in [0.05, 0.1) is 0 Å². The summed E-state index contributed by atoms with van der Waals surface area (Å²) in [6.07, 6.45) is 3.59. The number of unbranched alkanes of at least 4 members (excludes halogenated alkanes) is 3. The molecule has 6 heteroatoms. The van der Waals surface area contributed by atoms with E-state index < -0.39 is 5.97 Å². The van der Waals surface area contributed by atoms with E-state index in [2.05, 4.69) is 5.32 Å². The second-order valence-electron chi connectivity index (χ2n) is 4.09. The van der Waals surface area contributed by atoms with Gasteiger partial charge in [-0.1, -0.05) is 12.8 Å². The molecule has 1 heterocycles. The van der Waals surface area contributed by atoms with Crippen LogP contribution in [0.5, 0.6) is 0 Å². The fourth-order valence-electron chi connectivity index (χ4n) is 1.75. The number of aliphatic carboxylic acids is 1. The first kappa shape index (κ1) is 13.5. The summed E-state index contributed by atoms with van der Waals surface area (Å²) in [5.41, 5.74) is 0. The third-order valence-electron chi connectivity index (χ3n) is 2.68. The number of rotatable bonds is 7. The first-order chi connectivity index (χ1) is 8.11. The molecule has 0 aliphatic carbocycles. The van der Waals surface area contributed by atoms with Crippen LogP contribution < -0.4 is 5.32 Å². The van der Waals surface area contributed by atoms with Gasteiger partial charge in [0, 0.05) is 25.9 Å². The molecule has 1 fully saturated rings. The van der Waals surface area contributed by atoms with Gasteiger partial charge in [-0.3, -0.25) is 14.5 Å². The second-order valence-corrected chi connectivity index (χ2v) is 4.09. The number of urea groups is 1. The molecule has 0 atom stereocenters. The zero-order valence-electron chi connectivity index (χ0n) is 9.78. The maximum Gasteiger partial charge on any atom is 0.324 e. The van der Waals surface area contributed by atoms with Crippen LogP contribution >= 0.6 is 0 Å². The topological polar surface area (TPSA) is 86.7 Å². The number of amides is 3. The van der Waals surface area contributed by atoms with Crippen LogP contribution in [-0.4, -0.2) is 41.0 Å². The van der Waals surface area contributed by atoms with Gasteiger partial charge in [-0.2, -0.15) is 0 Å². The van der Waals surface area contributed by atoms with Crippen LogP contribution in [0.2, 0.25) is 0 Å². The molecule has 0 saturated carbocycles. The molecule has 17 heavy (non-hydrogen) atoms. The molecule has 2 N–H and O–H groups in total. The summed E-state index contributed by atoms with van der Waals surface area (Å²) in [6.45, 7) is 0.852. The Morgan fingerprint density at radius 2 is 1.94 bits per heavy atom. The standard InChI is InChI=1S/C11H18N2O4/c14-9-6-7-12-11(17)13(9)8-4-2-1-3-5-10(15)16/h1-8H2,(H,12,17)(H,15,16). The molecule has 0 radical (unpaired) electrons. The summed E-state index contributed by atoms with van der Waals surface area (Å²) in [6, 6.07) is -0.313. The first-order valence-corrected chi connectivity index (χ1v) is 5.91. The van der Waals surface area contributed by atoms with E-state index in [0.717, 1.165) is 19.3 Å². The van der Waals surface area contributed by atoms with Crippen molar-refractivity contribution < 1.29 is 19.5 Å². The predicted octanol–water partition coefficient (Wildman–Crippen LogP) is 0.963. The fraction of sp³-hybridized carbons (Fsp3) is 0.727. The quantitative estimate of drug-likeness (QED) is 0.651. The number of carbonyl (C=O) groups is 3. The van der Waals surface area contributed by atoms with Gasteiger partial charge >= 0.3 is 12.0 Å². The highest BCUT2D eigenvalue weighted by Gasteiger charge is 2.24. The Bertz CT molecular complexity index is 288. The van der Waals surface area contributed by atoms with E-state index in [1.165, 1.54) is 4.90 Å². The van der Waals surface area contributed by atoms with Gasteiger partial charge in [-0.25, -0.2) is 4.79 Å². The molecule has 0 aromatic carbocycles. The van der Waals surface area contributed by atoms with Crippen molar-refractivity contribution in [1.82, 2.24) is 10.2 Å². The third kappa shape index (κ3) is 4.84. The largest absolute Gasteiger partial charge is 0.481 e. The molecular formula is C11H18N2O4. The number of carboxylic acid groups (broad SMARTS) is 1. The maximum absolute atomic E-state index is 11.4. The van der Waals surface area contributed by atoms with E-state index in [9.17, 15) is 14.4 Å². The summed E-state index contributed by atoms with van der Waals surface area (Å²) < 4.78 is 0. The minimum atomic E-state index is -0.782. The van der Waals surface area contributed by atoms with Crippen molar-refractivity contribution in [2.75, 3.05) is 13.1 Å². The van der Waals surface area contributed by atoms with Gasteiger partial charge < -0.3 is 10.4 Å². The molecular weight excluding hydrogens is 224 g/mol. The van der Waals surface area contributed by atoms with Crippen LogP contribution in [0.3, 0.4) is 0 Å². The highest BCUT2D eigenvalue weighted by atomic mass is 16.4. The summed E-state index contributed by atoms with van der Waals surface area (Å²) in [5.74, 6) is -0.908. The number of hydrogen-bond acceptors (Lipinski definition) is 3. The third-order valence-corrected chi connectivity index (χ3v) is 2.68. The molecule has 0 bridgehead atoms. The fourth-order valence-corrected chi connectivity index (χ4v) is 1.75. The van der Waals surface area contributed by atoms with E-state index in [-0.39, 0.29) is 18.4 Å². The minimum Gasteiger partial charge on any atom is -0.481 e. The van der Waals surface area contributed by atoms with Gasteiger partial charge in [0.15, 0.2) is 0 Å². The van der Waals surface area contributed by atoms with Crippen LogP contribution in [0, 0.1) is 0 Å². The Morgan fingerprint density at radius 3 is 2.59 bits per heavy atom. The molecule has 0 spiro atoms. The molecule has 3 amide bonds. The van der Waals surface area contributed by atoms with Gasteiger partial charge in [0.25, 0.3) is 0 Å². The SMILES string of the molecule is O=C(O)CCCCCCN1C(=O)CCNC1=O. The smallest absolute Gasteiger partial charge is 0.324 e. The molecule has 1 aliphatic rings. The molecule has 0 aromatic heterocycles. The minimum absolute atomic E-state index is 0.126. The molecule has 0 aromatic rings. The normalized spacial score (nSPS) is 15.9. The van der Waals surface area contributed by atoms with Gasteiger partial charge in [0.2, 0.25) is 5.91 Å². The lowest BCUT2D eigenvalue weighted by atomic mass is 10.1. The van der Waals surface area contributed by atoms with Crippen molar-refractivity contribution in [3.63, 3.8) is 0 Å². The van der Waals surface area contributed by atoms with Crippen molar-refractivity contribution in [2.24, 2.45) is 0 Å². The molecule has 1 saturated heterocycles. The van der Waals surface area contributed by atoms with Crippen molar-refractivity contribution in [3.8, 4) is 0 Å². The van der Waals surface area contributed by atoms with Crippen molar-refractivity contribution in [2.45, 2.75) is 38.5 Å². The number of carbonyl (C=O) groups excluding carboxylic acids is 2. The second kappa shape index (κ2) is 6.88. The van der Waals surface area contributed by atoms with E-state index in [4.69, 9.17) is 5.11 Å². The van der Waals surface area contributed by atoms with E-state index in [1.807, 2.05) is 0 Å².